The molecule has 0 bridgehead atoms. The number of likely N-dealkylation sites (N-methyl/N-ethyl adjacent to an activating group) is 1. The molecule has 0 fully saturated rings. The fourth-order valence-electron chi connectivity index (χ4n) is 3.42. The van der Waals surface area contributed by atoms with E-state index in [0.717, 1.165) is 25.2 Å². The van der Waals surface area contributed by atoms with Crippen LogP contribution in [0.4, 0.5) is 10.1 Å². The third kappa shape index (κ3) is 3.33. The number of hydrogen-bond acceptors (Lipinski definition) is 4. The van der Waals surface area contributed by atoms with Crippen LogP contribution in [-0.2, 0) is 13.0 Å². The Bertz CT molecular complexity index is 996. The van der Waals surface area contributed by atoms with Crippen LogP contribution < -0.4 is 5.32 Å². The second-order valence-corrected chi connectivity index (χ2v) is 6.80. The number of fused-ring (bicyclic) bond motifs is 1. The summed E-state index contributed by atoms with van der Waals surface area (Å²) in [5.41, 5.74) is 4.91. The normalized spacial score (nSPS) is 14.0. The van der Waals surface area contributed by atoms with Crippen molar-refractivity contribution in [2.75, 3.05) is 18.9 Å². The van der Waals surface area contributed by atoms with Gasteiger partial charge in [0, 0.05) is 18.8 Å². The van der Waals surface area contributed by atoms with Gasteiger partial charge < -0.3 is 10.2 Å². The first-order valence-corrected chi connectivity index (χ1v) is 8.82. The molecule has 0 saturated heterocycles. The van der Waals surface area contributed by atoms with Gasteiger partial charge in [-0.3, -0.25) is 4.79 Å². The fourth-order valence-corrected chi connectivity index (χ4v) is 3.42. The molecule has 1 N–H and O–H groups in total. The van der Waals surface area contributed by atoms with Crippen molar-refractivity contribution < 1.29 is 9.18 Å². The van der Waals surface area contributed by atoms with E-state index in [2.05, 4.69) is 33.6 Å². The lowest BCUT2D eigenvalue weighted by molar-refractivity contribution is 0.102. The van der Waals surface area contributed by atoms with Gasteiger partial charge in [-0.05, 0) is 61.9 Å². The molecule has 0 radical (unpaired) electrons. The molecule has 2 heterocycles. The molecule has 0 atom stereocenters. The number of amides is 1. The van der Waals surface area contributed by atoms with Crippen LogP contribution in [0.3, 0.4) is 0 Å². The summed E-state index contributed by atoms with van der Waals surface area (Å²) in [5.74, 6) is -0.718. The third-order valence-corrected chi connectivity index (χ3v) is 4.87. The minimum absolute atomic E-state index is 0.254. The second kappa shape index (κ2) is 6.92. The summed E-state index contributed by atoms with van der Waals surface area (Å²) in [6, 6.07) is 11.8. The number of nitrogens with one attached hydrogen (secondary N) is 1. The zero-order chi connectivity index (χ0) is 19.0. The van der Waals surface area contributed by atoms with Crippen LogP contribution in [0.2, 0.25) is 0 Å². The molecule has 7 heteroatoms. The van der Waals surface area contributed by atoms with Gasteiger partial charge >= 0.3 is 0 Å². The van der Waals surface area contributed by atoms with Crippen molar-refractivity contribution in [3.8, 4) is 5.69 Å². The summed E-state index contributed by atoms with van der Waals surface area (Å²) in [6.07, 6.45) is 0.929. The standard InChI is InChI=1S/C20H20FN5O/c1-13-19(20(27)22-16-8-6-15(21)7-9-16)23-24-26(13)18-5-3-4-14-12-25(2)11-10-17(14)18/h3-9H,10-12H2,1-2H3,(H,22,27). The van der Waals surface area contributed by atoms with Gasteiger partial charge in [0.25, 0.3) is 5.91 Å². The molecule has 6 nitrogen and oxygen atoms in total. The van der Waals surface area contributed by atoms with Crippen molar-refractivity contribution in [2.24, 2.45) is 0 Å². The van der Waals surface area contributed by atoms with E-state index in [1.165, 1.54) is 35.4 Å². The molecule has 1 aliphatic heterocycles. The predicted octanol–water partition coefficient (Wildman–Crippen LogP) is 2.96. The number of carbonyl (C=O) groups is 1. The summed E-state index contributed by atoms with van der Waals surface area (Å²) in [5, 5.41) is 11.0. The van der Waals surface area contributed by atoms with Gasteiger partial charge in [0.15, 0.2) is 5.69 Å². The van der Waals surface area contributed by atoms with Crippen molar-refractivity contribution >= 4 is 11.6 Å². The van der Waals surface area contributed by atoms with Gasteiger partial charge in [-0.2, -0.15) is 0 Å². The first-order chi connectivity index (χ1) is 13.0. The van der Waals surface area contributed by atoms with E-state index in [9.17, 15) is 9.18 Å². The van der Waals surface area contributed by atoms with E-state index < -0.39 is 0 Å². The van der Waals surface area contributed by atoms with Crippen molar-refractivity contribution in [1.29, 1.82) is 0 Å². The number of carbonyl (C=O) groups excluding carboxylic acids is 1. The van der Waals surface area contributed by atoms with Gasteiger partial charge in [-0.25, -0.2) is 9.07 Å². The second-order valence-electron chi connectivity index (χ2n) is 6.80. The molecular weight excluding hydrogens is 345 g/mol. The molecular formula is C20H20FN5O. The van der Waals surface area contributed by atoms with Crippen molar-refractivity contribution in [2.45, 2.75) is 19.9 Å². The summed E-state index contributed by atoms with van der Waals surface area (Å²) >= 11 is 0. The van der Waals surface area contributed by atoms with Gasteiger partial charge in [0.05, 0.1) is 11.4 Å². The Kier molecular flexibility index (Phi) is 4.45. The average Bonchev–Trinajstić information content (AvgIpc) is 3.04. The number of aromatic nitrogens is 3. The zero-order valence-electron chi connectivity index (χ0n) is 15.2. The molecule has 0 aliphatic carbocycles. The quantitative estimate of drug-likeness (QED) is 0.775. The molecule has 0 saturated carbocycles. The highest BCUT2D eigenvalue weighted by atomic mass is 19.1. The van der Waals surface area contributed by atoms with Gasteiger partial charge in [0.1, 0.15) is 5.82 Å². The minimum Gasteiger partial charge on any atom is -0.321 e. The SMILES string of the molecule is Cc1c(C(=O)Nc2ccc(F)cc2)nnn1-c1cccc2c1CCN(C)C2. The number of anilines is 1. The van der Waals surface area contributed by atoms with Crippen LogP contribution in [0.5, 0.6) is 0 Å². The van der Waals surface area contributed by atoms with E-state index in [1.807, 2.05) is 19.1 Å². The lowest BCUT2D eigenvalue weighted by atomic mass is 9.98. The number of benzene rings is 2. The maximum absolute atomic E-state index is 13.0. The van der Waals surface area contributed by atoms with E-state index in [0.29, 0.717) is 11.4 Å². The maximum Gasteiger partial charge on any atom is 0.278 e. The van der Waals surface area contributed by atoms with Crippen molar-refractivity contribution in [3.05, 3.63) is 70.8 Å². The highest BCUT2D eigenvalue weighted by Gasteiger charge is 2.22. The Morgan fingerprint density at radius 2 is 1.96 bits per heavy atom. The molecule has 138 valence electrons. The Labute approximate surface area is 156 Å². The fraction of sp³-hybridized carbons (Fsp3) is 0.250. The maximum atomic E-state index is 13.0. The lowest BCUT2D eigenvalue weighted by Crippen LogP contribution is -2.27. The Morgan fingerprint density at radius 3 is 2.74 bits per heavy atom. The van der Waals surface area contributed by atoms with Crippen LogP contribution in [0.1, 0.15) is 27.3 Å². The summed E-state index contributed by atoms with van der Waals surface area (Å²) < 4.78 is 14.7. The predicted molar refractivity (Wildman–Crippen MR) is 100 cm³/mol. The first kappa shape index (κ1) is 17.4. The van der Waals surface area contributed by atoms with Crippen molar-refractivity contribution in [1.82, 2.24) is 19.9 Å². The van der Waals surface area contributed by atoms with E-state index in [1.54, 1.807) is 4.68 Å². The molecule has 27 heavy (non-hydrogen) atoms. The molecule has 2 aromatic carbocycles. The highest BCUT2D eigenvalue weighted by Crippen LogP contribution is 2.25. The van der Waals surface area contributed by atoms with Gasteiger partial charge in [-0.1, -0.05) is 17.3 Å². The van der Waals surface area contributed by atoms with Crippen LogP contribution >= 0.6 is 0 Å². The summed E-state index contributed by atoms with van der Waals surface area (Å²) in [4.78, 5) is 14.8. The van der Waals surface area contributed by atoms with E-state index in [-0.39, 0.29) is 17.4 Å². The monoisotopic (exact) mass is 365 g/mol. The molecule has 1 amide bonds. The van der Waals surface area contributed by atoms with E-state index in [4.69, 9.17) is 0 Å². The van der Waals surface area contributed by atoms with Crippen LogP contribution in [0.15, 0.2) is 42.5 Å². The van der Waals surface area contributed by atoms with Crippen LogP contribution in [0, 0.1) is 12.7 Å². The van der Waals surface area contributed by atoms with Crippen molar-refractivity contribution in [3.63, 3.8) is 0 Å². The van der Waals surface area contributed by atoms with Gasteiger partial charge in [-0.15, -0.1) is 5.10 Å². The van der Waals surface area contributed by atoms with Crippen LogP contribution in [-0.4, -0.2) is 39.4 Å². The molecule has 3 aromatic rings. The molecule has 1 aromatic heterocycles. The third-order valence-electron chi connectivity index (χ3n) is 4.87. The van der Waals surface area contributed by atoms with E-state index >= 15 is 0 Å². The number of nitrogens with zero attached hydrogens (tertiary/aromatic N) is 4. The highest BCUT2D eigenvalue weighted by molar-refractivity contribution is 6.03. The number of hydrogen-bond donors (Lipinski definition) is 1. The van der Waals surface area contributed by atoms with Gasteiger partial charge in [0.2, 0.25) is 0 Å². The number of rotatable bonds is 3. The minimum atomic E-state index is -0.366. The number of halogens is 1. The zero-order valence-corrected chi connectivity index (χ0v) is 15.2. The average molecular weight is 365 g/mol. The Balaban J connectivity index is 1.64. The molecule has 0 unspecified atom stereocenters. The smallest absolute Gasteiger partial charge is 0.278 e. The molecule has 0 spiro atoms. The first-order valence-electron chi connectivity index (χ1n) is 8.82. The summed E-state index contributed by atoms with van der Waals surface area (Å²) in [6.45, 7) is 3.71. The Morgan fingerprint density at radius 1 is 1.19 bits per heavy atom. The topological polar surface area (TPSA) is 63.1 Å². The molecule has 4 rings (SSSR count). The summed E-state index contributed by atoms with van der Waals surface area (Å²) in [7, 11) is 2.11. The molecule has 1 aliphatic rings. The van der Waals surface area contributed by atoms with Crippen LogP contribution in [0.25, 0.3) is 5.69 Å². The lowest BCUT2D eigenvalue weighted by Gasteiger charge is -2.26. The largest absolute Gasteiger partial charge is 0.321 e. The Hall–Kier alpha value is -3.06.